The van der Waals surface area contributed by atoms with Crippen LogP contribution in [0, 0.1) is 17.5 Å². The summed E-state index contributed by atoms with van der Waals surface area (Å²) in [5.74, 6) is -3.57. The van der Waals surface area contributed by atoms with Crippen LogP contribution in [0.2, 0.25) is 0 Å². The number of piperidine rings is 1. The largest absolute Gasteiger partial charge is 0.310 e. The summed E-state index contributed by atoms with van der Waals surface area (Å²) in [6.07, 6.45) is 2.79. The highest BCUT2D eigenvalue weighted by molar-refractivity contribution is 5.23. The molecule has 1 aliphatic heterocycles. The molecule has 1 N–H and O–H groups in total. The highest BCUT2D eigenvalue weighted by Crippen LogP contribution is 2.27. The van der Waals surface area contributed by atoms with Crippen molar-refractivity contribution in [3.05, 3.63) is 35.1 Å². The first-order valence-corrected chi connectivity index (χ1v) is 5.07. The van der Waals surface area contributed by atoms with Crippen molar-refractivity contribution >= 4 is 0 Å². The summed E-state index contributed by atoms with van der Waals surface area (Å²) in [6, 6.07) is 2.11. The molecule has 1 nitrogen and oxygen atoms in total. The summed E-state index contributed by atoms with van der Waals surface area (Å²) in [6.45, 7) is 0.795. The number of hydrogen-bond donors (Lipinski definition) is 1. The molecule has 0 radical (unpaired) electrons. The second kappa shape index (κ2) is 4.23. The highest BCUT2D eigenvalue weighted by Gasteiger charge is 2.21. The summed E-state index contributed by atoms with van der Waals surface area (Å²) < 4.78 is 39.1. The molecule has 0 aromatic heterocycles. The van der Waals surface area contributed by atoms with Crippen LogP contribution in [0.15, 0.2) is 12.1 Å². The van der Waals surface area contributed by atoms with Crippen LogP contribution in [0.5, 0.6) is 0 Å². The third-order valence-corrected chi connectivity index (χ3v) is 2.75. The van der Waals surface area contributed by atoms with Gasteiger partial charge >= 0.3 is 0 Å². The van der Waals surface area contributed by atoms with Crippen LogP contribution in [0.25, 0.3) is 0 Å². The van der Waals surface area contributed by atoms with Gasteiger partial charge in [-0.3, -0.25) is 0 Å². The third-order valence-electron chi connectivity index (χ3n) is 2.75. The predicted octanol–water partition coefficient (Wildman–Crippen LogP) is 2.92. The minimum atomic E-state index is -1.38. The summed E-state index contributed by atoms with van der Waals surface area (Å²) in [5, 5.41) is 3.09. The van der Waals surface area contributed by atoms with E-state index in [9.17, 15) is 13.2 Å². The Bertz CT molecular complexity index is 359. The molecule has 1 atom stereocenters. The van der Waals surface area contributed by atoms with Gasteiger partial charge in [0.1, 0.15) is 0 Å². The Balaban J connectivity index is 2.31. The number of benzene rings is 1. The lowest BCUT2D eigenvalue weighted by Gasteiger charge is -2.24. The lowest BCUT2D eigenvalue weighted by Crippen LogP contribution is -2.27. The fourth-order valence-electron chi connectivity index (χ4n) is 1.93. The Hall–Kier alpha value is -1.03. The minimum absolute atomic E-state index is 0.186. The van der Waals surface area contributed by atoms with E-state index < -0.39 is 17.5 Å². The maximum Gasteiger partial charge on any atom is 0.194 e. The van der Waals surface area contributed by atoms with Crippen molar-refractivity contribution in [2.24, 2.45) is 0 Å². The molecule has 15 heavy (non-hydrogen) atoms. The molecule has 0 aliphatic carbocycles. The smallest absolute Gasteiger partial charge is 0.194 e. The van der Waals surface area contributed by atoms with Crippen LogP contribution in [-0.2, 0) is 0 Å². The van der Waals surface area contributed by atoms with Gasteiger partial charge in [-0.2, -0.15) is 0 Å². The lowest BCUT2D eigenvalue weighted by atomic mass is 9.97. The first-order chi connectivity index (χ1) is 7.20. The Morgan fingerprint density at radius 3 is 2.53 bits per heavy atom. The number of rotatable bonds is 1. The van der Waals surface area contributed by atoms with Crippen molar-refractivity contribution < 1.29 is 13.2 Å². The quantitative estimate of drug-likeness (QED) is 0.710. The second-order valence-electron chi connectivity index (χ2n) is 3.77. The molecule has 1 unspecified atom stereocenters. The first kappa shape index (κ1) is 10.5. The van der Waals surface area contributed by atoms with Crippen molar-refractivity contribution in [1.29, 1.82) is 0 Å². The molecule has 82 valence electrons. The van der Waals surface area contributed by atoms with E-state index in [1.807, 2.05) is 0 Å². The van der Waals surface area contributed by atoms with Crippen LogP contribution in [0.1, 0.15) is 30.9 Å². The molecule has 0 spiro atoms. The summed E-state index contributed by atoms with van der Waals surface area (Å²) >= 11 is 0. The molecule has 1 heterocycles. The molecular weight excluding hydrogens is 203 g/mol. The van der Waals surface area contributed by atoms with Crippen molar-refractivity contribution in [3.63, 3.8) is 0 Å². The van der Waals surface area contributed by atoms with Gasteiger partial charge in [0, 0.05) is 11.6 Å². The van der Waals surface area contributed by atoms with E-state index >= 15 is 0 Å². The molecule has 1 aromatic rings. The Morgan fingerprint density at radius 2 is 1.87 bits per heavy atom. The standard InChI is InChI=1S/C11H12F3N/c12-8-5-4-7(10(13)11(8)14)9-3-1-2-6-15-9/h4-5,9,15H,1-3,6H2. The number of hydrogen-bond acceptors (Lipinski definition) is 1. The zero-order chi connectivity index (χ0) is 10.8. The maximum atomic E-state index is 13.4. The summed E-state index contributed by atoms with van der Waals surface area (Å²) in [7, 11) is 0. The normalized spacial score (nSPS) is 21.7. The topological polar surface area (TPSA) is 12.0 Å². The summed E-state index contributed by atoms with van der Waals surface area (Å²) in [4.78, 5) is 0. The zero-order valence-electron chi connectivity index (χ0n) is 8.19. The van der Waals surface area contributed by atoms with E-state index in [1.165, 1.54) is 6.07 Å². The van der Waals surface area contributed by atoms with Gasteiger partial charge in [0.15, 0.2) is 17.5 Å². The van der Waals surface area contributed by atoms with Gasteiger partial charge in [-0.25, -0.2) is 13.2 Å². The van der Waals surface area contributed by atoms with Crippen LogP contribution >= 0.6 is 0 Å². The molecule has 1 saturated heterocycles. The molecule has 0 saturated carbocycles. The van der Waals surface area contributed by atoms with Crippen molar-refractivity contribution in [2.45, 2.75) is 25.3 Å². The van der Waals surface area contributed by atoms with Crippen LogP contribution in [0.4, 0.5) is 13.2 Å². The summed E-state index contributed by atoms with van der Waals surface area (Å²) in [5.41, 5.74) is 0.230. The molecule has 0 bridgehead atoms. The van der Waals surface area contributed by atoms with Gasteiger partial charge in [-0.15, -0.1) is 0 Å². The number of nitrogens with one attached hydrogen (secondary N) is 1. The predicted molar refractivity (Wildman–Crippen MR) is 50.9 cm³/mol. The molecular formula is C11H12F3N. The molecule has 0 amide bonds. The second-order valence-corrected chi connectivity index (χ2v) is 3.77. The van der Waals surface area contributed by atoms with Crippen molar-refractivity contribution in [3.8, 4) is 0 Å². The van der Waals surface area contributed by atoms with Gasteiger partial charge in [0.05, 0.1) is 0 Å². The Kier molecular flexibility index (Phi) is 2.95. The Labute approximate surface area is 86.3 Å². The van der Waals surface area contributed by atoms with Gasteiger partial charge in [-0.1, -0.05) is 12.5 Å². The van der Waals surface area contributed by atoms with Crippen LogP contribution < -0.4 is 5.32 Å². The van der Waals surface area contributed by atoms with Crippen molar-refractivity contribution in [2.75, 3.05) is 6.54 Å². The van der Waals surface area contributed by atoms with Gasteiger partial charge < -0.3 is 5.32 Å². The highest BCUT2D eigenvalue weighted by atomic mass is 19.2. The van der Waals surface area contributed by atoms with E-state index in [1.54, 1.807) is 0 Å². The van der Waals surface area contributed by atoms with E-state index in [-0.39, 0.29) is 11.6 Å². The molecule has 1 aromatic carbocycles. The van der Waals surface area contributed by atoms with Gasteiger partial charge in [-0.05, 0) is 25.5 Å². The average Bonchev–Trinajstić information content (AvgIpc) is 2.27. The van der Waals surface area contributed by atoms with Gasteiger partial charge in [0.25, 0.3) is 0 Å². The van der Waals surface area contributed by atoms with E-state index in [0.29, 0.717) is 0 Å². The van der Waals surface area contributed by atoms with E-state index in [0.717, 1.165) is 31.9 Å². The SMILES string of the molecule is Fc1ccc(C2CCCCN2)c(F)c1F. The van der Waals surface area contributed by atoms with E-state index in [4.69, 9.17) is 0 Å². The van der Waals surface area contributed by atoms with E-state index in [2.05, 4.69) is 5.32 Å². The molecule has 1 fully saturated rings. The first-order valence-electron chi connectivity index (χ1n) is 5.07. The van der Waals surface area contributed by atoms with Crippen LogP contribution in [-0.4, -0.2) is 6.54 Å². The van der Waals surface area contributed by atoms with Crippen molar-refractivity contribution in [1.82, 2.24) is 5.32 Å². The molecule has 4 heteroatoms. The molecule has 1 aliphatic rings. The third kappa shape index (κ3) is 2.00. The monoisotopic (exact) mass is 215 g/mol. The van der Waals surface area contributed by atoms with Gasteiger partial charge in [0.2, 0.25) is 0 Å². The van der Waals surface area contributed by atoms with Crippen LogP contribution in [0.3, 0.4) is 0 Å². The Morgan fingerprint density at radius 1 is 1.07 bits per heavy atom. The fraction of sp³-hybridized carbons (Fsp3) is 0.455. The zero-order valence-corrected chi connectivity index (χ0v) is 8.19. The average molecular weight is 215 g/mol. The molecule has 2 rings (SSSR count). The lowest BCUT2D eigenvalue weighted by molar-refractivity contribution is 0.382. The fourth-order valence-corrected chi connectivity index (χ4v) is 1.93. The minimum Gasteiger partial charge on any atom is -0.310 e. The maximum absolute atomic E-state index is 13.4. The number of halogens is 3.